The van der Waals surface area contributed by atoms with Gasteiger partial charge in [-0.05, 0) is 118 Å². The summed E-state index contributed by atoms with van der Waals surface area (Å²) in [5, 5.41) is 10.3. The van der Waals surface area contributed by atoms with Gasteiger partial charge >= 0.3 is 12.2 Å². The SMILES string of the molecule is CC(C)(C)CC(=O)C[C@@H]1CN(C(=O)OC(C)(C)C)C(C)(C)C1.CC(C)(C)CC(O)C[C@@H]1CN(C(=O)OC(C)(C)C)C(C)(C)C1. The first-order valence-corrected chi connectivity index (χ1v) is 16.6. The number of aliphatic hydroxyl groups is 1. The zero-order valence-corrected chi connectivity index (χ0v) is 31.3. The van der Waals surface area contributed by atoms with Crippen LogP contribution in [0.3, 0.4) is 0 Å². The highest BCUT2D eigenvalue weighted by atomic mass is 16.6. The van der Waals surface area contributed by atoms with Crippen molar-refractivity contribution in [2.24, 2.45) is 22.7 Å². The molecule has 1 unspecified atom stereocenters. The molecule has 8 heteroatoms. The molecule has 44 heavy (non-hydrogen) atoms. The number of aliphatic hydroxyl groups excluding tert-OH is 1. The van der Waals surface area contributed by atoms with Crippen LogP contribution in [0.1, 0.15) is 149 Å². The van der Waals surface area contributed by atoms with Gasteiger partial charge in [0.25, 0.3) is 0 Å². The summed E-state index contributed by atoms with van der Waals surface area (Å²) in [7, 11) is 0. The van der Waals surface area contributed by atoms with E-state index in [1.54, 1.807) is 4.90 Å². The molecule has 1 N–H and O–H groups in total. The fraction of sp³-hybridized carbons (Fsp3) is 0.917. The second-order valence-electron chi connectivity index (χ2n) is 19.1. The van der Waals surface area contributed by atoms with Crippen molar-refractivity contribution in [2.75, 3.05) is 13.1 Å². The molecule has 0 aromatic carbocycles. The van der Waals surface area contributed by atoms with Crippen LogP contribution < -0.4 is 0 Å². The number of ether oxygens (including phenoxy) is 2. The second kappa shape index (κ2) is 14.3. The Labute approximate surface area is 270 Å². The summed E-state index contributed by atoms with van der Waals surface area (Å²) in [6.45, 7) is 33.5. The lowest BCUT2D eigenvalue weighted by molar-refractivity contribution is -0.121. The maximum atomic E-state index is 12.4. The van der Waals surface area contributed by atoms with Crippen molar-refractivity contribution >= 4 is 18.0 Å². The van der Waals surface area contributed by atoms with Crippen LogP contribution in [0, 0.1) is 22.7 Å². The third-order valence-electron chi connectivity index (χ3n) is 7.84. The van der Waals surface area contributed by atoms with Crippen LogP contribution in [0.2, 0.25) is 0 Å². The molecule has 0 aliphatic carbocycles. The van der Waals surface area contributed by atoms with Crippen LogP contribution in [0.4, 0.5) is 9.59 Å². The monoisotopic (exact) mass is 625 g/mol. The van der Waals surface area contributed by atoms with Crippen LogP contribution >= 0.6 is 0 Å². The Hall–Kier alpha value is -1.83. The Morgan fingerprint density at radius 1 is 0.705 bits per heavy atom. The van der Waals surface area contributed by atoms with E-state index in [0.29, 0.717) is 37.6 Å². The zero-order chi connectivity index (χ0) is 34.7. The zero-order valence-electron chi connectivity index (χ0n) is 31.3. The number of carbonyl (C=O) groups is 3. The van der Waals surface area contributed by atoms with Gasteiger partial charge in [0.05, 0.1) is 6.10 Å². The fourth-order valence-electron chi connectivity index (χ4n) is 6.51. The van der Waals surface area contributed by atoms with Crippen LogP contribution in [0.25, 0.3) is 0 Å². The molecule has 0 aromatic rings. The number of hydrogen-bond acceptors (Lipinski definition) is 6. The van der Waals surface area contributed by atoms with Crippen molar-refractivity contribution < 1.29 is 29.0 Å². The summed E-state index contributed by atoms with van der Waals surface area (Å²) in [6, 6.07) is 0. The molecule has 2 fully saturated rings. The largest absolute Gasteiger partial charge is 0.444 e. The van der Waals surface area contributed by atoms with E-state index < -0.39 is 11.2 Å². The first-order valence-electron chi connectivity index (χ1n) is 16.6. The van der Waals surface area contributed by atoms with Gasteiger partial charge in [-0.15, -0.1) is 0 Å². The number of hydrogen-bond donors (Lipinski definition) is 1. The molecule has 2 aliphatic rings. The third kappa shape index (κ3) is 15.0. The highest BCUT2D eigenvalue weighted by molar-refractivity contribution is 5.79. The molecule has 0 aromatic heterocycles. The molecule has 2 heterocycles. The average molecular weight is 625 g/mol. The first kappa shape index (κ1) is 40.2. The number of Topliss-reactive ketones (excluding diaryl/α,β-unsaturated/α-hetero) is 1. The van der Waals surface area contributed by atoms with E-state index in [1.807, 2.05) is 60.3 Å². The number of amides is 2. The van der Waals surface area contributed by atoms with Crippen molar-refractivity contribution in [3.63, 3.8) is 0 Å². The van der Waals surface area contributed by atoms with E-state index in [9.17, 15) is 19.5 Å². The summed E-state index contributed by atoms with van der Waals surface area (Å²) in [5.74, 6) is 0.858. The second-order valence-corrected chi connectivity index (χ2v) is 19.1. The minimum absolute atomic E-state index is 0.0239. The maximum Gasteiger partial charge on any atom is 0.410 e. The molecule has 0 radical (unpaired) electrons. The number of ketones is 1. The van der Waals surface area contributed by atoms with Gasteiger partial charge in [0.2, 0.25) is 0 Å². The van der Waals surface area contributed by atoms with Gasteiger partial charge in [-0.1, -0.05) is 41.5 Å². The van der Waals surface area contributed by atoms with Gasteiger partial charge in [-0.25, -0.2) is 9.59 Å². The lowest BCUT2D eigenvalue weighted by atomic mass is 9.84. The predicted octanol–water partition coefficient (Wildman–Crippen LogP) is 8.63. The molecule has 0 spiro atoms. The Balaban J connectivity index is 0.000000440. The highest BCUT2D eigenvalue weighted by Gasteiger charge is 2.44. The molecule has 2 amide bonds. The van der Waals surface area contributed by atoms with E-state index in [2.05, 4.69) is 55.4 Å². The van der Waals surface area contributed by atoms with Gasteiger partial charge in [0.15, 0.2) is 0 Å². The molecule has 3 atom stereocenters. The molecule has 2 aliphatic heterocycles. The smallest absolute Gasteiger partial charge is 0.410 e. The summed E-state index contributed by atoms with van der Waals surface area (Å²) in [6.07, 6.45) is 3.62. The molecule has 258 valence electrons. The van der Waals surface area contributed by atoms with Crippen LogP contribution in [-0.4, -0.2) is 74.3 Å². The summed E-state index contributed by atoms with van der Waals surface area (Å²) in [4.78, 5) is 40.5. The Kier molecular flexibility index (Phi) is 13.1. The molecule has 0 bridgehead atoms. The van der Waals surface area contributed by atoms with Crippen LogP contribution in [-0.2, 0) is 14.3 Å². The fourth-order valence-corrected chi connectivity index (χ4v) is 6.51. The van der Waals surface area contributed by atoms with E-state index in [4.69, 9.17) is 9.47 Å². The van der Waals surface area contributed by atoms with Crippen molar-refractivity contribution in [1.82, 2.24) is 9.80 Å². The van der Waals surface area contributed by atoms with Crippen molar-refractivity contribution in [3.8, 4) is 0 Å². The van der Waals surface area contributed by atoms with E-state index in [-0.39, 0.29) is 46.1 Å². The van der Waals surface area contributed by atoms with E-state index in [0.717, 1.165) is 25.7 Å². The lowest BCUT2D eigenvalue weighted by Gasteiger charge is -2.33. The molecule has 8 nitrogen and oxygen atoms in total. The molecular weight excluding hydrogens is 556 g/mol. The van der Waals surface area contributed by atoms with E-state index in [1.165, 1.54) is 0 Å². The van der Waals surface area contributed by atoms with Gasteiger partial charge < -0.3 is 24.4 Å². The Morgan fingerprint density at radius 2 is 1.09 bits per heavy atom. The summed E-state index contributed by atoms with van der Waals surface area (Å²) < 4.78 is 11.0. The van der Waals surface area contributed by atoms with Crippen molar-refractivity contribution in [2.45, 2.75) is 178 Å². The standard InChI is InChI=1S/C18H35NO3.C18H33NO3/c2*1-16(2,3)11-14(20)9-13-10-18(7,8)19(12-13)15(21)22-17(4,5)6/h13-14,20H,9-12H2,1-8H3;13H,9-12H2,1-8H3/t13-,14?;13-/m00/s1. The quantitative estimate of drug-likeness (QED) is 0.318. The van der Waals surface area contributed by atoms with Gasteiger partial charge in [0.1, 0.15) is 17.0 Å². The van der Waals surface area contributed by atoms with E-state index >= 15 is 0 Å². The third-order valence-corrected chi connectivity index (χ3v) is 7.84. The average Bonchev–Trinajstić information content (AvgIpc) is 3.16. The van der Waals surface area contributed by atoms with Crippen LogP contribution in [0.5, 0.6) is 0 Å². The predicted molar refractivity (Wildman–Crippen MR) is 179 cm³/mol. The summed E-state index contributed by atoms with van der Waals surface area (Å²) >= 11 is 0. The number of nitrogens with zero attached hydrogens (tertiary/aromatic N) is 2. The summed E-state index contributed by atoms with van der Waals surface area (Å²) in [5.41, 5.74) is -1.29. The maximum absolute atomic E-state index is 12.4. The first-order chi connectivity index (χ1) is 19.4. The van der Waals surface area contributed by atoms with Crippen molar-refractivity contribution in [3.05, 3.63) is 0 Å². The van der Waals surface area contributed by atoms with Crippen LogP contribution in [0.15, 0.2) is 0 Å². The van der Waals surface area contributed by atoms with Gasteiger partial charge in [0, 0.05) is 37.0 Å². The highest BCUT2D eigenvalue weighted by Crippen LogP contribution is 2.38. The topological polar surface area (TPSA) is 96.4 Å². The molecular formula is C36H68N2O6. The van der Waals surface area contributed by atoms with Crippen molar-refractivity contribution in [1.29, 1.82) is 0 Å². The lowest BCUT2D eigenvalue weighted by Crippen LogP contribution is -2.45. The van der Waals surface area contributed by atoms with Gasteiger partial charge in [-0.3, -0.25) is 4.79 Å². The normalized spacial score (nSPS) is 22.7. The molecule has 0 saturated carbocycles. The minimum atomic E-state index is -0.493. The molecule has 2 saturated heterocycles. The molecule has 2 rings (SSSR count). The number of likely N-dealkylation sites (tertiary alicyclic amines) is 2. The van der Waals surface area contributed by atoms with Gasteiger partial charge in [-0.2, -0.15) is 0 Å². The number of rotatable bonds is 6. The Morgan fingerprint density at radius 3 is 1.45 bits per heavy atom. The number of carbonyl (C=O) groups excluding carboxylic acids is 3. The minimum Gasteiger partial charge on any atom is -0.444 e. The Bertz CT molecular complexity index is 975.